The molecule has 0 aliphatic heterocycles. The van der Waals surface area contributed by atoms with E-state index in [9.17, 15) is 8.42 Å². The summed E-state index contributed by atoms with van der Waals surface area (Å²) in [4.78, 5) is 5.36. The Hall–Kier alpha value is -1.20. The third-order valence-corrected chi connectivity index (χ3v) is 5.75. The largest absolute Gasteiger partial charge is 0.253 e. The van der Waals surface area contributed by atoms with Crippen LogP contribution < -0.4 is 0 Å². The number of nitrogens with zero attached hydrogens (tertiary/aromatic N) is 1. The number of rotatable bonds is 4. The number of sulfone groups is 1. The smallest absolute Gasteiger partial charge is 0.178 e. The van der Waals surface area contributed by atoms with Crippen LogP contribution in [0.25, 0.3) is 0 Å². The zero-order valence-corrected chi connectivity index (χ0v) is 13.6. The maximum Gasteiger partial charge on any atom is 0.178 e. The maximum absolute atomic E-state index is 12.3. The van der Waals surface area contributed by atoms with Crippen LogP contribution in [0.1, 0.15) is 31.2 Å². The van der Waals surface area contributed by atoms with E-state index in [1.807, 2.05) is 12.1 Å². The standard InChI is InChI=1S/C15H19NO2S2/c1-15(2,3)12-4-6-14(7-5-12)20(17,18)9-8-13-10-16-11-19-13/h4-7,10-11H,8-9H2,1-3H3. The van der Waals surface area contributed by atoms with Crippen molar-refractivity contribution in [2.24, 2.45) is 0 Å². The van der Waals surface area contributed by atoms with Gasteiger partial charge in [0.15, 0.2) is 9.84 Å². The number of thiazole rings is 1. The van der Waals surface area contributed by atoms with Gasteiger partial charge in [-0.05, 0) is 29.5 Å². The molecule has 2 rings (SSSR count). The van der Waals surface area contributed by atoms with E-state index >= 15 is 0 Å². The van der Waals surface area contributed by atoms with Gasteiger partial charge in [-0.25, -0.2) is 8.42 Å². The number of hydrogen-bond acceptors (Lipinski definition) is 4. The van der Waals surface area contributed by atoms with E-state index in [1.165, 1.54) is 11.3 Å². The molecule has 0 unspecified atom stereocenters. The quantitative estimate of drug-likeness (QED) is 0.869. The summed E-state index contributed by atoms with van der Waals surface area (Å²) >= 11 is 1.49. The molecule has 0 amide bonds. The van der Waals surface area contributed by atoms with E-state index in [4.69, 9.17) is 0 Å². The fraction of sp³-hybridized carbons (Fsp3) is 0.400. The Kier molecular flexibility index (Phi) is 4.30. The van der Waals surface area contributed by atoms with Gasteiger partial charge in [0.25, 0.3) is 0 Å². The van der Waals surface area contributed by atoms with Crippen LogP contribution in [0, 0.1) is 0 Å². The molecule has 0 fully saturated rings. The zero-order valence-electron chi connectivity index (χ0n) is 12.0. The molecule has 0 bridgehead atoms. The first-order valence-electron chi connectivity index (χ1n) is 6.50. The second kappa shape index (κ2) is 5.66. The Balaban J connectivity index is 2.13. The topological polar surface area (TPSA) is 47.0 Å². The van der Waals surface area contributed by atoms with Crippen molar-refractivity contribution in [3.8, 4) is 0 Å². The van der Waals surface area contributed by atoms with Gasteiger partial charge in [-0.1, -0.05) is 32.9 Å². The molecule has 0 aliphatic carbocycles. The SMILES string of the molecule is CC(C)(C)c1ccc(S(=O)(=O)CCc2cncs2)cc1. The normalized spacial score (nSPS) is 12.6. The molecule has 1 heterocycles. The molecule has 1 aromatic carbocycles. The van der Waals surface area contributed by atoms with Gasteiger partial charge in [0, 0.05) is 11.1 Å². The van der Waals surface area contributed by atoms with Crippen LogP contribution in [0.15, 0.2) is 40.9 Å². The van der Waals surface area contributed by atoms with E-state index in [0.29, 0.717) is 11.3 Å². The Labute approximate surface area is 124 Å². The van der Waals surface area contributed by atoms with E-state index in [1.54, 1.807) is 23.8 Å². The van der Waals surface area contributed by atoms with Gasteiger partial charge in [-0.15, -0.1) is 11.3 Å². The number of benzene rings is 1. The van der Waals surface area contributed by atoms with Crippen molar-refractivity contribution in [2.45, 2.75) is 37.5 Å². The summed E-state index contributed by atoms with van der Waals surface area (Å²) < 4.78 is 24.5. The van der Waals surface area contributed by atoms with Crippen molar-refractivity contribution >= 4 is 21.2 Å². The fourth-order valence-electron chi connectivity index (χ4n) is 1.88. The summed E-state index contributed by atoms with van der Waals surface area (Å²) in [7, 11) is -3.22. The first kappa shape index (κ1) is 15.2. The molecule has 0 atom stereocenters. The van der Waals surface area contributed by atoms with Gasteiger partial charge in [-0.3, -0.25) is 4.98 Å². The van der Waals surface area contributed by atoms with Gasteiger partial charge < -0.3 is 0 Å². The molecule has 0 N–H and O–H groups in total. The molecule has 20 heavy (non-hydrogen) atoms. The highest BCUT2D eigenvalue weighted by atomic mass is 32.2. The first-order valence-corrected chi connectivity index (χ1v) is 9.03. The Morgan fingerprint density at radius 3 is 2.30 bits per heavy atom. The van der Waals surface area contributed by atoms with E-state index in [0.717, 1.165) is 10.4 Å². The Morgan fingerprint density at radius 1 is 1.15 bits per heavy atom. The van der Waals surface area contributed by atoms with Crippen LogP contribution in [-0.2, 0) is 21.7 Å². The van der Waals surface area contributed by atoms with Gasteiger partial charge in [-0.2, -0.15) is 0 Å². The summed E-state index contributed by atoms with van der Waals surface area (Å²) in [5.74, 6) is 0.129. The lowest BCUT2D eigenvalue weighted by Crippen LogP contribution is -2.12. The van der Waals surface area contributed by atoms with Gasteiger partial charge in [0.05, 0.1) is 16.2 Å². The lowest BCUT2D eigenvalue weighted by Gasteiger charge is -2.19. The lowest BCUT2D eigenvalue weighted by molar-refractivity contribution is 0.586. The highest BCUT2D eigenvalue weighted by Gasteiger charge is 2.17. The molecule has 0 saturated carbocycles. The molecule has 2 aromatic rings. The minimum atomic E-state index is -3.22. The minimum absolute atomic E-state index is 0.0327. The van der Waals surface area contributed by atoms with Crippen molar-refractivity contribution in [3.63, 3.8) is 0 Å². The third kappa shape index (κ3) is 3.67. The summed E-state index contributed by atoms with van der Waals surface area (Å²) in [5, 5.41) is 0. The molecule has 0 spiro atoms. The van der Waals surface area contributed by atoms with Crippen molar-refractivity contribution in [2.75, 3.05) is 5.75 Å². The van der Waals surface area contributed by atoms with Crippen LogP contribution in [0.4, 0.5) is 0 Å². The van der Waals surface area contributed by atoms with Crippen LogP contribution in [0.5, 0.6) is 0 Å². The van der Waals surface area contributed by atoms with E-state index < -0.39 is 9.84 Å². The molecular formula is C15H19NO2S2. The monoisotopic (exact) mass is 309 g/mol. The molecule has 0 radical (unpaired) electrons. The summed E-state index contributed by atoms with van der Waals surface area (Å²) in [5.41, 5.74) is 2.89. The fourth-order valence-corrected chi connectivity index (χ4v) is 3.88. The van der Waals surface area contributed by atoms with Crippen molar-refractivity contribution in [3.05, 3.63) is 46.4 Å². The second-order valence-electron chi connectivity index (χ2n) is 5.81. The molecule has 1 aromatic heterocycles. The maximum atomic E-state index is 12.3. The van der Waals surface area contributed by atoms with Crippen molar-refractivity contribution in [1.29, 1.82) is 0 Å². The van der Waals surface area contributed by atoms with Crippen molar-refractivity contribution < 1.29 is 8.42 Å². The molecular weight excluding hydrogens is 290 g/mol. The molecule has 5 heteroatoms. The average molecular weight is 309 g/mol. The molecule has 108 valence electrons. The number of aromatic nitrogens is 1. The van der Waals surface area contributed by atoms with Crippen LogP contribution in [0.3, 0.4) is 0 Å². The summed E-state index contributed by atoms with van der Waals surface area (Å²) in [6, 6.07) is 7.23. The third-order valence-electron chi connectivity index (χ3n) is 3.18. The van der Waals surface area contributed by atoms with Crippen LogP contribution in [0.2, 0.25) is 0 Å². The predicted octanol–water partition coefficient (Wildman–Crippen LogP) is 3.46. The van der Waals surface area contributed by atoms with Gasteiger partial charge in [0.1, 0.15) is 0 Å². The average Bonchev–Trinajstić information content (AvgIpc) is 2.89. The van der Waals surface area contributed by atoms with Gasteiger partial charge >= 0.3 is 0 Å². The Morgan fingerprint density at radius 2 is 1.80 bits per heavy atom. The molecule has 3 nitrogen and oxygen atoms in total. The van der Waals surface area contributed by atoms with E-state index in [2.05, 4.69) is 25.8 Å². The van der Waals surface area contributed by atoms with Gasteiger partial charge in [0.2, 0.25) is 0 Å². The second-order valence-corrected chi connectivity index (χ2v) is 8.89. The summed E-state index contributed by atoms with van der Waals surface area (Å²) in [6.45, 7) is 6.33. The predicted molar refractivity (Wildman–Crippen MR) is 83.0 cm³/mol. The highest BCUT2D eigenvalue weighted by molar-refractivity contribution is 7.91. The Bertz CT molecular complexity index is 651. The van der Waals surface area contributed by atoms with Crippen LogP contribution in [-0.4, -0.2) is 19.2 Å². The number of hydrogen-bond donors (Lipinski definition) is 0. The summed E-state index contributed by atoms with van der Waals surface area (Å²) in [6.07, 6.45) is 2.25. The lowest BCUT2D eigenvalue weighted by atomic mass is 9.87. The minimum Gasteiger partial charge on any atom is -0.253 e. The van der Waals surface area contributed by atoms with E-state index in [-0.39, 0.29) is 11.2 Å². The van der Waals surface area contributed by atoms with Crippen LogP contribution >= 0.6 is 11.3 Å². The zero-order chi connectivity index (χ0) is 14.8. The molecule has 0 saturated heterocycles. The van der Waals surface area contributed by atoms with Crippen molar-refractivity contribution in [1.82, 2.24) is 4.98 Å². The first-order chi connectivity index (χ1) is 9.29. The molecule has 0 aliphatic rings. The highest BCUT2D eigenvalue weighted by Crippen LogP contribution is 2.24. The number of aryl methyl sites for hydroxylation is 1.